The molecule has 0 unspecified atom stereocenters. The van der Waals surface area contributed by atoms with Crippen LogP contribution in [0.4, 0.5) is 0 Å². The number of hydrogen-bond donors (Lipinski definition) is 2. The number of rotatable bonds is 8. The average Bonchev–Trinajstić information content (AvgIpc) is 2.32. The van der Waals surface area contributed by atoms with Crippen LogP contribution >= 0.6 is 12.2 Å². The first-order valence-corrected chi connectivity index (χ1v) is 7.89. The van der Waals surface area contributed by atoms with Gasteiger partial charge >= 0.3 is 0 Å². The van der Waals surface area contributed by atoms with E-state index in [4.69, 9.17) is 18.0 Å². The van der Waals surface area contributed by atoms with Crippen LogP contribution in [0, 0.1) is 10.8 Å². The van der Waals surface area contributed by atoms with Crippen molar-refractivity contribution in [3.63, 3.8) is 0 Å². The molecule has 19 heavy (non-hydrogen) atoms. The van der Waals surface area contributed by atoms with Crippen LogP contribution in [0.3, 0.4) is 0 Å². The summed E-state index contributed by atoms with van der Waals surface area (Å²) in [5.41, 5.74) is 5.55. The van der Waals surface area contributed by atoms with Gasteiger partial charge in [0.2, 0.25) is 5.91 Å². The molecule has 4 heteroatoms. The molecule has 0 spiro atoms. The number of carbonyl (C=O) groups excluding carboxylic acids is 1. The third-order valence-electron chi connectivity index (χ3n) is 4.50. The normalized spacial score (nSPS) is 17.6. The highest BCUT2D eigenvalue weighted by Gasteiger charge is 2.41. The van der Waals surface area contributed by atoms with Crippen molar-refractivity contribution in [1.29, 1.82) is 0 Å². The zero-order valence-electron chi connectivity index (χ0n) is 12.6. The lowest BCUT2D eigenvalue weighted by molar-refractivity contribution is -0.129. The molecule has 0 atom stereocenters. The van der Waals surface area contributed by atoms with E-state index >= 15 is 0 Å². The van der Waals surface area contributed by atoms with Gasteiger partial charge in [-0.2, -0.15) is 0 Å². The number of nitrogens with two attached hydrogens (primary N) is 1. The molecular formula is C15H28N2OS. The maximum atomic E-state index is 12.6. The molecule has 0 saturated heterocycles. The molecule has 0 aromatic carbocycles. The Morgan fingerprint density at radius 2 is 1.84 bits per heavy atom. The van der Waals surface area contributed by atoms with E-state index in [0.29, 0.717) is 4.99 Å². The predicted octanol–water partition coefficient (Wildman–Crippen LogP) is 3.17. The summed E-state index contributed by atoms with van der Waals surface area (Å²) in [6.45, 7) is 7.13. The van der Waals surface area contributed by atoms with Gasteiger partial charge in [0.25, 0.3) is 0 Å². The molecule has 1 saturated carbocycles. The predicted molar refractivity (Wildman–Crippen MR) is 84.0 cm³/mol. The number of carbonyl (C=O) groups is 1. The van der Waals surface area contributed by atoms with Crippen molar-refractivity contribution in [3.05, 3.63) is 0 Å². The first-order valence-electron chi connectivity index (χ1n) is 7.48. The Hall–Kier alpha value is -0.640. The highest BCUT2D eigenvalue weighted by molar-refractivity contribution is 7.80. The first kappa shape index (κ1) is 16.4. The van der Waals surface area contributed by atoms with Gasteiger partial charge in [-0.3, -0.25) is 4.79 Å². The number of thiocarbonyl (C=S) groups is 1. The van der Waals surface area contributed by atoms with Crippen molar-refractivity contribution in [2.24, 2.45) is 16.6 Å². The van der Waals surface area contributed by atoms with Crippen LogP contribution in [-0.2, 0) is 4.79 Å². The topological polar surface area (TPSA) is 55.1 Å². The zero-order chi connectivity index (χ0) is 14.5. The molecule has 0 bridgehead atoms. The fraction of sp³-hybridized carbons (Fsp3) is 0.867. The lowest BCUT2D eigenvalue weighted by Gasteiger charge is -2.40. The SMILES string of the molecule is CCCC(CCC)(C(=O)NCC1(C)CCC1)C(N)=S. The van der Waals surface area contributed by atoms with Crippen molar-refractivity contribution in [2.45, 2.75) is 65.7 Å². The molecule has 1 fully saturated rings. The molecule has 0 aliphatic heterocycles. The zero-order valence-corrected chi connectivity index (χ0v) is 13.4. The summed E-state index contributed by atoms with van der Waals surface area (Å²) in [4.78, 5) is 12.9. The van der Waals surface area contributed by atoms with Crippen molar-refractivity contribution in [1.82, 2.24) is 5.32 Å². The van der Waals surface area contributed by atoms with Crippen LogP contribution < -0.4 is 11.1 Å². The van der Waals surface area contributed by atoms with E-state index in [1.54, 1.807) is 0 Å². The van der Waals surface area contributed by atoms with E-state index in [0.717, 1.165) is 32.2 Å². The van der Waals surface area contributed by atoms with Gasteiger partial charge in [0.1, 0.15) is 0 Å². The van der Waals surface area contributed by atoms with Gasteiger partial charge in [0.15, 0.2) is 0 Å². The third kappa shape index (κ3) is 3.68. The summed E-state index contributed by atoms with van der Waals surface area (Å²) >= 11 is 5.20. The average molecular weight is 284 g/mol. The molecule has 1 aliphatic carbocycles. The highest BCUT2D eigenvalue weighted by atomic mass is 32.1. The fourth-order valence-corrected chi connectivity index (χ4v) is 3.28. The smallest absolute Gasteiger partial charge is 0.233 e. The second-order valence-corrected chi connectivity index (χ2v) is 6.73. The molecule has 3 nitrogen and oxygen atoms in total. The van der Waals surface area contributed by atoms with E-state index in [1.807, 2.05) is 0 Å². The fourth-order valence-electron chi connectivity index (χ4n) is 2.98. The van der Waals surface area contributed by atoms with E-state index in [9.17, 15) is 4.79 Å². The Bertz CT molecular complexity index is 331. The Morgan fingerprint density at radius 1 is 1.32 bits per heavy atom. The van der Waals surface area contributed by atoms with Crippen molar-refractivity contribution in [2.75, 3.05) is 6.54 Å². The van der Waals surface area contributed by atoms with Gasteiger partial charge in [0.05, 0.1) is 10.4 Å². The highest BCUT2D eigenvalue weighted by Crippen LogP contribution is 2.40. The molecule has 3 N–H and O–H groups in total. The van der Waals surface area contributed by atoms with Gasteiger partial charge in [0, 0.05) is 6.54 Å². The molecule has 1 amide bonds. The Balaban J connectivity index is 2.72. The van der Waals surface area contributed by atoms with E-state index in [2.05, 4.69) is 26.1 Å². The minimum Gasteiger partial charge on any atom is -0.392 e. The minimum atomic E-state index is -0.640. The van der Waals surface area contributed by atoms with Crippen LogP contribution in [-0.4, -0.2) is 17.4 Å². The third-order valence-corrected chi connectivity index (χ3v) is 4.89. The molecule has 0 aromatic rings. The van der Waals surface area contributed by atoms with E-state index in [1.165, 1.54) is 19.3 Å². The summed E-state index contributed by atoms with van der Waals surface area (Å²) in [6, 6.07) is 0. The second kappa shape index (κ2) is 6.69. The summed E-state index contributed by atoms with van der Waals surface area (Å²) < 4.78 is 0. The van der Waals surface area contributed by atoms with Crippen molar-refractivity contribution in [3.8, 4) is 0 Å². The summed E-state index contributed by atoms with van der Waals surface area (Å²) in [5.74, 6) is 0.0387. The Kier molecular flexibility index (Phi) is 5.78. The van der Waals surface area contributed by atoms with Crippen LogP contribution in [0.1, 0.15) is 65.7 Å². The summed E-state index contributed by atoms with van der Waals surface area (Å²) in [6.07, 6.45) is 7.02. The largest absolute Gasteiger partial charge is 0.392 e. The summed E-state index contributed by atoms with van der Waals surface area (Å²) in [5, 5.41) is 3.11. The lowest BCUT2D eigenvalue weighted by atomic mass is 9.70. The number of nitrogens with one attached hydrogen (secondary N) is 1. The molecule has 110 valence electrons. The molecule has 0 heterocycles. The second-order valence-electron chi connectivity index (χ2n) is 6.29. The molecule has 0 aromatic heterocycles. The van der Waals surface area contributed by atoms with Crippen molar-refractivity contribution < 1.29 is 4.79 Å². The number of hydrogen-bond acceptors (Lipinski definition) is 2. The Labute approximate surface area is 122 Å². The lowest BCUT2D eigenvalue weighted by Crippen LogP contribution is -2.51. The van der Waals surface area contributed by atoms with E-state index in [-0.39, 0.29) is 11.3 Å². The monoisotopic (exact) mass is 284 g/mol. The Morgan fingerprint density at radius 3 is 2.16 bits per heavy atom. The van der Waals surface area contributed by atoms with Crippen LogP contribution in [0.2, 0.25) is 0 Å². The number of amides is 1. The molecular weight excluding hydrogens is 256 g/mol. The van der Waals surface area contributed by atoms with Crippen LogP contribution in [0.25, 0.3) is 0 Å². The van der Waals surface area contributed by atoms with Gasteiger partial charge in [-0.05, 0) is 31.1 Å². The molecule has 0 radical (unpaired) electrons. The maximum absolute atomic E-state index is 12.6. The maximum Gasteiger partial charge on any atom is 0.233 e. The summed E-state index contributed by atoms with van der Waals surface area (Å²) in [7, 11) is 0. The first-order chi connectivity index (χ1) is 8.90. The molecule has 1 rings (SSSR count). The van der Waals surface area contributed by atoms with Crippen molar-refractivity contribution >= 4 is 23.1 Å². The van der Waals surface area contributed by atoms with Crippen LogP contribution in [0.5, 0.6) is 0 Å². The quantitative estimate of drug-likeness (QED) is 0.673. The minimum absolute atomic E-state index is 0.0387. The van der Waals surface area contributed by atoms with Gasteiger partial charge < -0.3 is 11.1 Å². The molecule has 1 aliphatic rings. The van der Waals surface area contributed by atoms with E-state index < -0.39 is 5.41 Å². The van der Waals surface area contributed by atoms with Gasteiger partial charge in [-0.1, -0.05) is 52.3 Å². The van der Waals surface area contributed by atoms with Gasteiger partial charge in [-0.25, -0.2) is 0 Å². The van der Waals surface area contributed by atoms with Crippen LogP contribution in [0.15, 0.2) is 0 Å². The van der Waals surface area contributed by atoms with Gasteiger partial charge in [-0.15, -0.1) is 0 Å². The standard InChI is InChI=1S/C15H28N2OS/c1-4-7-15(8-5-2,12(16)19)13(18)17-11-14(3)9-6-10-14/h4-11H2,1-3H3,(H2,16,19)(H,17,18).